The Morgan fingerprint density at radius 3 is 2.61 bits per heavy atom. The molecule has 4 nitrogen and oxygen atoms in total. The second kappa shape index (κ2) is 6.27. The van der Waals surface area contributed by atoms with Crippen LogP contribution in [0.2, 0.25) is 0 Å². The Labute approximate surface area is 112 Å². The first-order valence-corrected chi connectivity index (χ1v) is 7.61. The van der Waals surface area contributed by atoms with Gasteiger partial charge in [0.2, 0.25) is 11.0 Å². The van der Waals surface area contributed by atoms with Crippen LogP contribution in [0, 0.1) is 18.8 Å². The van der Waals surface area contributed by atoms with Crippen molar-refractivity contribution in [1.82, 2.24) is 10.2 Å². The molecule has 1 aromatic rings. The van der Waals surface area contributed by atoms with Crippen LogP contribution >= 0.6 is 11.3 Å². The average molecular weight is 267 g/mol. The van der Waals surface area contributed by atoms with Crippen molar-refractivity contribution in [2.45, 2.75) is 52.4 Å². The normalized spacial score (nSPS) is 23.9. The molecule has 5 heteroatoms. The molecular formula is C13H21N3OS. The van der Waals surface area contributed by atoms with Gasteiger partial charge in [-0.1, -0.05) is 31.1 Å². The summed E-state index contributed by atoms with van der Waals surface area (Å²) in [6.45, 7) is 4.12. The van der Waals surface area contributed by atoms with Crippen LogP contribution in [0.25, 0.3) is 0 Å². The summed E-state index contributed by atoms with van der Waals surface area (Å²) >= 11 is 1.43. The molecule has 1 amide bonds. The first-order chi connectivity index (χ1) is 8.69. The van der Waals surface area contributed by atoms with Gasteiger partial charge in [-0.25, -0.2) is 0 Å². The molecule has 0 unspecified atom stereocenters. The largest absolute Gasteiger partial charge is 0.300 e. The van der Waals surface area contributed by atoms with Gasteiger partial charge in [0.15, 0.2) is 0 Å². The standard InChI is InChI=1S/C13H21N3OS/c1-3-4-10-5-7-11(8-6-10)12(17)14-13-16-15-9(2)18-13/h10-11H,3-8H2,1-2H3,(H,14,16,17). The van der Waals surface area contributed by atoms with Crippen LogP contribution in [0.4, 0.5) is 5.13 Å². The summed E-state index contributed by atoms with van der Waals surface area (Å²) in [5.41, 5.74) is 0. The highest BCUT2D eigenvalue weighted by atomic mass is 32.1. The van der Waals surface area contributed by atoms with E-state index in [9.17, 15) is 4.79 Å². The maximum atomic E-state index is 12.1. The summed E-state index contributed by atoms with van der Waals surface area (Å²) in [5, 5.41) is 12.2. The van der Waals surface area contributed by atoms with E-state index in [0.29, 0.717) is 5.13 Å². The number of nitrogens with one attached hydrogen (secondary N) is 1. The highest BCUT2D eigenvalue weighted by molar-refractivity contribution is 7.15. The molecule has 1 N–H and O–H groups in total. The van der Waals surface area contributed by atoms with Crippen molar-refractivity contribution in [3.63, 3.8) is 0 Å². The van der Waals surface area contributed by atoms with Crippen LogP contribution in [-0.4, -0.2) is 16.1 Å². The molecule has 100 valence electrons. The van der Waals surface area contributed by atoms with Gasteiger partial charge in [0.25, 0.3) is 0 Å². The lowest BCUT2D eigenvalue weighted by Crippen LogP contribution is -2.27. The molecule has 1 aliphatic carbocycles. The van der Waals surface area contributed by atoms with Crippen molar-refractivity contribution in [3.8, 4) is 0 Å². The Morgan fingerprint density at radius 2 is 2.06 bits per heavy atom. The molecule has 18 heavy (non-hydrogen) atoms. The van der Waals surface area contributed by atoms with Gasteiger partial charge in [0.1, 0.15) is 5.01 Å². The molecule has 1 heterocycles. The second-order valence-electron chi connectivity index (χ2n) is 5.12. The van der Waals surface area contributed by atoms with Gasteiger partial charge in [-0.15, -0.1) is 10.2 Å². The Balaban J connectivity index is 1.80. The number of carbonyl (C=O) groups is 1. The minimum absolute atomic E-state index is 0.126. The van der Waals surface area contributed by atoms with Gasteiger partial charge in [-0.2, -0.15) is 0 Å². The molecule has 2 rings (SSSR count). The topological polar surface area (TPSA) is 54.9 Å². The van der Waals surface area contributed by atoms with Gasteiger partial charge >= 0.3 is 0 Å². The van der Waals surface area contributed by atoms with Crippen molar-refractivity contribution in [2.75, 3.05) is 5.32 Å². The summed E-state index contributed by atoms with van der Waals surface area (Å²) < 4.78 is 0. The van der Waals surface area contributed by atoms with Crippen LogP contribution in [0.1, 0.15) is 50.5 Å². The van der Waals surface area contributed by atoms with E-state index in [4.69, 9.17) is 0 Å². The lowest BCUT2D eigenvalue weighted by atomic mass is 9.80. The lowest BCUT2D eigenvalue weighted by molar-refractivity contribution is -0.121. The summed E-state index contributed by atoms with van der Waals surface area (Å²) in [6, 6.07) is 0. The molecule has 0 radical (unpaired) electrons. The number of aromatic nitrogens is 2. The fourth-order valence-electron chi connectivity index (χ4n) is 2.68. The Morgan fingerprint density at radius 1 is 1.33 bits per heavy atom. The number of hydrogen-bond donors (Lipinski definition) is 1. The number of amides is 1. The van der Waals surface area contributed by atoms with E-state index >= 15 is 0 Å². The van der Waals surface area contributed by atoms with Crippen molar-refractivity contribution in [3.05, 3.63) is 5.01 Å². The molecule has 0 saturated heterocycles. The van der Waals surface area contributed by atoms with E-state index in [0.717, 1.165) is 23.8 Å². The fourth-order valence-corrected chi connectivity index (χ4v) is 3.27. The molecule has 0 bridgehead atoms. The van der Waals surface area contributed by atoms with Gasteiger partial charge in [0, 0.05) is 5.92 Å². The zero-order valence-corrected chi connectivity index (χ0v) is 11.9. The zero-order valence-electron chi connectivity index (χ0n) is 11.1. The third-order valence-electron chi connectivity index (χ3n) is 3.67. The highest BCUT2D eigenvalue weighted by Gasteiger charge is 2.26. The van der Waals surface area contributed by atoms with E-state index < -0.39 is 0 Å². The maximum absolute atomic E-state index is 12.1. The van der Waals surface area contributed by atoms with E-state index in [1.54, 1.807) is 0 Å². The molecule has 0 aliphatic heterocycles. The fraction of sp³-hybridized carbons (Fsp3) is 0.769. The predicted molar refractivity (Wildman–Crippen MR) is 73.6 cm³/mol. The van der Waals surface area contributed by atoms with Gasteiger partial charge in [-0.05, 0) is 38.5 Å². The van der Waals surface area contributed by atoms with Crippen LogP contribution in [0.3, 0.4) is 0 Å². The van der Waals surface area contributed by atoms with Crippen molar-refractivity contribution < 1.29 is 4.79 Å². The first-order valence-electron chi connectivity index (χ1n) is 6.80. The molecule has 1 aromatic heterocycles. The van der Waals surface area contributed by atoms with E-state index in [1.807, 2.05) is 6.92 Å². The third-order valence-corrected chi connectivity index (χ3v) is 4.42. The van der Waals surface area contributed by atoms with Crippen molar-refractivity contribution in [2.24, 2.45) is 11.8 Å². The number of rotatable bonds is 4. The maximum Gasteiger partial charge on any atom is 0.229 e. The molecule has 1 aliphatic rings. The Kier molecular flexibility index (Phi) is 4.69. The molecule has 0 aromatic carbocycles. The molecular weight excluding hydrogens is 246 g/mol. The number of anilines is 1. The van der Waals surface area contributed by atoms with Crippen molar-refractivity contribution >= 4 is 22.4 Å². The highest BCUT2D eigenvalue weighted by Crippen LogP contribution is 2.32. The summed E-state index contributed by atoms with van der Waals surface area (Å²) in [6.07, 6.45) is 7.00. The minimum Gasteiger partial charge on any atom is -0.300 e. The monoisotopic (exact) mass is 267 g/mol. The number of nitrogens with zero attached hydrogens (tertiary/aromatic N) is 2. The number of hydrogen-bond acceptors (Lipinski definition) is 4. The zero-order chi connectivity index (χ0) is 13.0. The van der Waals surface area contributed by atoms with Gasteiger partial charge < -0.3 is 5.32 Å². The number of aryl methyl sites for hydroxylation is 1. The van der Waals surface area contributed by atoms with Crippen molar-refractivity contribution in [1.29, 1.82) is 0 Å². The second-order valence-corrected chi connectivity index (χ2v) is 6.30. The Bertz CT molecular complexity index is 397. The molecule has 1 saturated carbocycles. The smallest absolute Gasteiger partial charge is 0.229 e. The third kappa shape index (κ3) is 3.51. The van der Waals surface area contributed by atoms with Gasteiger partial charge in [0.05, 0.1) is 0 Å². The molecule has 1 fully saturated rings. The SMILES string of the molecule is CCCC1CCC(C(=O)Nc2nnc(C)s2)CC1. The van der Waals surface area contributed by atoms with E-state index in [2.05, 4.69) is 22.4 Å². The average Bonchev–Trinajstić information content (AvgIpc) is 2.76. The number of carbonyl (C=O) groups excluding carboxylic acids is 1. The quantitative estimate of drug-likeness (QED) is 0.909. The predicted octanol–water partition coefficient (Wildman–Crippen LogP) is 3.39. The molecule has 0 atom stereocenters. The van der Waals surface area contributed by atoms with Crippen LogP contribution in [0.5, 0.6) is 0 Å². The molecule has 0 spiro atoms. The van der Waals surface area contributed by atoms with Crippen LogP contribution in [0.15, 0.2) is 0 Å². The van der Waals surface area contributed by atoms with E-state index in [-0.39, 0.29) is 11.8 Å². The van der Waals surface area contributed by atoms with E-state index in [1.165, 1.54) is 37.0 Å². The summed E-state index contributed by atoms with van der Waals surface area (Å²) in [5.74, 6) is 1.13. The lowest BCUT2D eigenvalue weighted by Gasteiger charge is -2.27. The summed E-state index contributed by atoms with van der Waals surface area (Å²) in [7, 11) is 0. The van der Waals surface area contributed by atoms with Gasteiger partial charge in [-0.3, -0.25) is 4.79 Å². The Hall–Kier alpha value is -0.970. The first kappa shape index (κ1) is 13.5. The van der Waals surface area contributed by atoms with Crippen LogP contribution in [-0.2, 0) is 4.79 Å². The minimum atomic E-state index is 0.126. The summed E-state index contributed by atoms with van der Waals surface area (Å²) in [4.78, 5) is 12.1. The van der Waals surface area contributed by atoms with Crippen LogP contribution < -0.4 is 5.32 Å².